The fourth-order valence-corrected chi connectivity index (χ4v) is 2.40. The first-order chi connectivity index (χ1) is 8.61. The van der Waals surface area contributed by atoms with E-state index in [4.69, 9.17) is 4.98 Å². The van der Waals surface area contributed by atoms with Gasteiger partial charge < -0.3 is 10.2 Å². The van der Waals surface area contributed by atoms with E-state index in [1.165, 1.54) is 12.8 Å². The fraction of sp³-hybridized carbons (Fsp3) is 0.714. The van der Waals surface area contributed by atoms with E-state index in [0.29, 0.717) is 12.0 Å². The Labute approximate surface area is 110 Å². The quantitative estimate of drug-likeness (QED) is 0.889. The van der Waals surface area contributed by atoms with Gasteiger partial charge in [0, 0.05) is 31.1 Å². The van der Waals surface area contributed by atoms with Crippen LogP contribution in [0.4, 0.5) is 11.6 Å². The van der Waals surface area contributed by atoms with E-state index in [2.05, 4.69) is 49.0 Å². The van der Waals surface area contributed by atoms with Gasteiger partial charge in [0.05, 0.1) is 0 Å². The van der Waals surface area contributed by atoms with Crippen molar-refractivity contribution in [3.8, 4) is 0 Å². The van der Waals surface area contributed by atoms with Gasteiger partial charge >= 0.3 is 0 Å². The van der Waals surface area contributed by atoms with Crippen molar-refractivity contribution in [2.45, 2.75) is 52.5 Å². The maximum atomic E-state index is 4.72. The summed E-state index contributed by atoms with van der Waals surface area (Å²) in [5.41, 5.74) is 0. The Hall–Kier alpha value is -1.32. The summed E-state index contributed by atoms with van der Waals surface area (Å²) in [6.07, 6.45) is 2.52. The van der Waals surface area contributed by atoms with Gasteiger partial charge in [0.15, 0.2) is 0 Å². The van der Waals surface area contributed by atoms with Crippen molar-refractivity contribution in [3.63, 3.8) is 0 Å². The van der Waals surface area contributed by atoms with Crippen molar-refractivity contribution in [2.75, 3.05) is 23.3 Å². The Morgan fingerprint density at radius 3 is 2.78 bits per heavy atom. The second kappa shape index (κ2) is 5.55. The third-order valence-electron chi connectivity index (χ3n) is 3.45. The maximum absolute atomic E-state index is 4.72. The SMILES string of the molecule is CCNc1cc(N2CCCC2C)nc(C(C)C)n1. The van der Waals surface area contributed by atoms with Crippen LogP contribution >= 0.6 is 0 Å². The molecule has 4 heteroatoms. The second-order valence-corrected chi connectivity index (χ2v) is 5.34. The van der Waals surface area contributed by atoms with Gasteiger partial charge in [-0.2, -0.15) is 0 Å². The first-order valence-electron chi connectivity index (χ1n) is 7.01. The molecule has 0 aromatic carbocycles. The molecule has 1 aliphatic heterocycles. The van der Waals surface area contributed by atoms with E-state index in [1.54, 1.807) is 0 Å². The van der Waals surface area contributed by atoms with Gasteiger partial charge in [-0.25, -0.2) is 9.97 Å². The molecule has 1 N–H and O–H groups in total. The van der Waals surface area contributed by atoms with Gasteiger partial charge in [0.1, 0.15) is 17.5 Å². The molecular weight excluding hydrogens is 224 g/mol. The molecule has 1 fully saturated rings. The minimum absolute atomic E-state index is 0.361. The van der Waals surface area contributed by atoms with E-state index in [9.17, 15) is 0 Å². The van der Waals surface area contributed by atoms with Crippen LogP contribution < -0.4 is 10.2 Å². The van der Waals surface area contributed by atoms with Crippen molar-refractivity contribution in [2.24, 2.45) is 0 Å². The summed E-state index contributed by atoms with van der Waals surface area (Å²) in [5.74, 6) is 3.32. The highest BCUT2D eigenvalue weighted by Gasteiger charge is 2.23. The maximum Gasteiger partial charge on any atom is 0.135 e. The Morgan fingerprint density at radius 2 is 2.22 bits per heavy atom. The predicted molar refractivity (Wildman–Crippen MR) is 76.3 cm³/mol. The summed E-state index contributed by atoms with van der Waals surface area (Å²) in [6.45, 7) is 10.7. The molecule has 1 saturated heterocycles. The minimum Gasteiger partial charge on any atom is -0.370 e. The normalized spacial score (nSPS) is 19.6. The first kappa shape index (κ1) is 13.1. The van der Waals surface area contributed by atoms with Crippen LogP contribution in [0.5, 0.6) is 0 Å². The van der Waals surface area contributed by atoms with Crippen LogP contribution in [0, 0.1) is 0 Å². The number of hydrogen-bond acceptors (Lipinski definition) is 4. The molecule has 2 heterocycles. The molecule has 0 bridgehead atoms. The molecule has 1 atom stereocenters. The van der Waals surface area contributed by atoms with Gasteiger partial charge in [-0.15, -0.1) is 0 Å². The van der Waals surface area contributed by atoms with Crippen LogP contribution in [-0.2, 0) is 0 Å². The highest BCUT2D eigenvalue weighted by molar-refractivity contribution is 5.50. The predicted octanol–water partition coefficient (Wildman–Crippen LogP) is 3.02. The molecule has 2 rings (SSSR count). The lowest BCUT2D eigenvalue weighted by atomic mass is 10.2. The van der Waals surface area contributed by atoms with Crippen molar-refractivity contribution in [1.82, 2.24) is 9.97 Å². The molecule has 100 valence electrons. The monoisotopic (exact) mass is 248 g/mol. The summed E-state index contributed by atoms with van der Waals surface area (Å²) in [5, 5.41) is 3.30. The molecule has 1 aliphatic rings. The summed E-state index contributed by atoms with van der Waals surface area (Å²) in [7, 11) is 0. The molecule has 0 radical (unpaired) electrons. The van der Waals surface area contributed by atoms with E-state index >= 15 is 0 Å². The van der Waals surface area contributed by atoms with Crippen molar-refractivity contribution in [3.05, 3.63) is 11.9 Å². The third kappa shape index (κ3) is 2.74. The highest BCUT2D eigenvalue weighted by Crippen LogP contribution is 2.26. The van der Waals surface area contributed by atoms with E-state index in [1.807, 2.05) is 0 Å². The van der Waals surface area contributed by atoms with E-state index in [0.717, 1.165) is 30.5 Å². The minimum atomic E-state index is 0.361. The standard InChI is InChI=1S/C14H24N4/c1-5-15-12-9-13(17-14(16-12)10(2)3)18-8-6-7-11(18)4/h9-11H,5-8H2,1-4H3,(H,15,16,17). The average molecular weight is 248 g/mol. The summed E-state index contributed by atoms with van der Waals surface area (Å²) in [6, 6.07) is 2.67. The number of nitrogens with zero attached hydrogens (tertiary/aromatic N) is 3. The highest BCUT2D eigenvalue weighted by atomic mass is 15.2. The van der Waals surface area contributed by atoms with Crippen molar-refractivity contribution in [1.29, 1.82) is 0 Å². The van der Waals surface area contributed by atoms with Crippen LogP contribution in [0.25, 0.3) is 0 Å². The Kier molecular flexibility index (Phi) is 4.04. The smallest absolute Gasteiger partial charge is 0.135 e. The molecule has 18 heavy (non-hydrogen) atoms. The molecule has 4 nitrogen and oxygen atoms in total. The topological polar surface area (TPSA) is 41.0 Å². The van der Waals surface area contributed by atoms with Crippen LogP contribution in [0.2, 0.25) is 0 Å². The van der Waals surface area contributed by atoms with Crippen LogP contribution in [0.15, 0.2) is 6.07 Å². The van der Waals surface area contributed by atoms with Gasteiger partial charge in [-0.1, -0.05) is 13.8 Å². The van der Waals surface area contributed by atoms with Crippen molar-refractivity contribution < 1.29 is 0 Å². The molecule has 0 spiro atoms. The summed E-state index contributed by atoms with van der Waals surface area (Å²) >= 11 is 0. The third-order valence-corrected chi connectivity index (χ3v) is 3.45. The van der Waals surface area contributed by atoms with E-state index < -0.39 is 0 Å². The van der Waals surface area contributed by atoms with Crippen LogP contribution in [0.1, 0.15) is 52.3 Å². The van der Waals surface area contributed by atoms with Crippen molar-refractivity contribution >= 4 is 11.6 Å². The Bertz CT molecular complexity index is 403. The lowest BCUT2D eigenvalue weighted by Gasteiger charge is -2.24. The fourth-order valence-electron chi connectivity index (χ4n) is 2.40. The molecule has 1 aromatic heterocycles. The van der Waals surface area contributed by atoms with E-state index in [-0.39, 0.29) is 0 Å². The Morgan fingerprint density at radius 1 is 1.44 bits per heavy atom. The number of hydrogen-bond donors (Lipinski definition) is 1. The van der Waals surface area contributed by atoms with Gasteiger partial charge in [-0.3, -0.25) is 0 Å². The number of nitrogens with one attached hydrogen (secondary N) is 1. The Balaban J connectivity index is 2.33. The molecule has 0 aliphatic carbocycles. The van der Waals surface area contributed by atoms with Gasteiger partial charge in [-0.05, 0) is 26.7 Å². The molecule has 0 amide bonds. The number of aromatic nitrogens is 2. The zero-order valence-corrected chi connectivity index (χ0v) is 11.9. The lowest BCUT2D eigenvalue weighted by molar-refractivity contribution is 0.711. The lowest BCUT2D eigenvalue weighted by Crippen LogP contribution is -2.28. The summed E-state index contributed by atoms with van der Waals surface area (Å²) < 4.78 is 0. The number of rotatable bonds is 4. The molecule has 1 aromatic rings. The van der Waals surface area contributed by atoms with Gasteiger partial charge in [0.25, 0.3) is 0 Å². The second-order valence-electron chi connectivity index (χ2n) is 5.34. The molecule has 1 unspecified atom stereocenters. The first-order valence-corrected chi connectivity index (χ1v) is 7.01. The zero-order chi connectivity index (χ0) is 13.1. The molecular formula is C14H24N4. The molecule has 0 saturated carbocycles. The van der Waals surface area contributed by atoms with Gasteiger partial charge in [0.2, 0.25) is 0 Å². The largest absolute Gasteiger partial charge is 0.370 e. The van der Waals surface area contributed by atoms with Crippen LogP contribution in [-0.4, -0.2) is 29.1 Å². The average Bonchev–Trinajstić information content (AvgIpc) is 2.75. The number of anilines is 2. The van der Waals surface area contributed by atoms with Crippen LogP contribution in [0.3, 0.4) is 0 Å². The zero-order valence-electron chi connectivity index (χ0n) is 11.9. The summed E-state index contributed by atoms with van der Waals surface area (Å²) in [4.78, 5) is 11.7.